The van der Waals surface area contributed by atoms with E-state index in [1.807, 2.05) is 0 Å². The van der Waals surface area contributed by atoms with Crippen LogP contribution in [0.25, 0.3) is 0 Å². The van der Waals surface area contributed by atoms with Crippen molar-refractivity contribution in [3.63, 3.8) is 0 Å². The van der Waals surface area contributed by atoms with Gasteiger partial charge < -0.3 is 15.6 Å². The molecule has 3 heteroatoms. The van der Waals surface area contributed by atoms with E-state index in [1.165, 1.54) is 24.9 Å². The molecule has 3 nitrogen and oxygen atoms in total. The summed E-state index contributed by atoms with van der Waals surface area (Å²) in [6.07, 6.45) is 2.56. The zero-order chi connectivity index (χ0) is 10.2. The lowest BCUT2D eigenvalue weighted by molar-refractivity contribution is -0.0125. The van der Waals surface area contributed by atoms with Crippen molar-refractivity contribution in [2.75, 3.05) is 26.2 Å². The standard InChI is InChI=1S/C11H19N3/c1-3-9(2)10(4-12)14-7-11(8-14)5-13-6-11/h4,12-13H,3,5-8H2,1-2H3/b10-9+,12-4?. The maximum atomic E-state index is 7.43. The molecule has 0 aromatic rings. The van der Waals surface area contributed by atoms with E-state index in [9.17, 15) is 0 Å². The smallest absolute Gasteiger partial charge is 0.0534 e. The van der Waals surface area contributed by atoms with Gasteiger partial charge in [0, 0.05) is 37.8 Å². The molecule has 0 atom stereocenters. The largest absolute Gasteiger partial charge is 0.369 e. The third-order valence-electron chi connectivity index (χ3n) is 3.50. The molecule has 2 aliphatic heterocycles. The number of likely N-dealkylation sites (tertiary alicyclic amines) is 1. The molecule has 2 heterocycles. The van der Waals surface area contributed by atoms with Crippen molar-refractivity contribution in [2.24, 2.45) is 5.41 Å². The molecule has 0 radical (unpaired) electrons. The second kappa shape index (κ2) is 3.39. The minimum absolute atomic E-state index is 0.558. The van der Waals surface area contributed by atoms with E-state index in [2.05, 4.69) is 24.1 Å². The van der Waals surface area contributed by atoms with Gasteiger partial charge in [-0.2, -0.15) is 0 Å². The molecular weight excluding hydrogens is 174 g/mol. The van der Waals surface area contributed by atoms with Crippen LogP contribution in [0.1, 0.15) is 20.3 Å². The van der Waals surface area contributed by atoms with Crippen molar-refractivity contribution in [2.45, 2.75) is 20.3 Å². The summed E-state index contributed by atoms with van der Waals surface area (Å²) in [4.78, 5) is 2.34. The molecule has 2 rings (SSSR count). The van der Waals surface area contributed by atoms with Crippen LogP contribution in [0.4, 0.5) is 0 Å². The van der Waals surface area contributed by atoms with Crippen LogP contribution < -0.4 is 5.32 Å². The second-order valence-corrected chi connectivity index (χ2v) is 4.62. The van der Waals surface area contributed by atoms with Gasteiger partial charge in [0.05, 0.1) is 5.70 Å². The SMILES string of the molecule is CC/C(C)=C(\C=N)N1CC2(CNC2)C1. The van der Waals surface area contributed by atoms with Gasteiger partial charge in [-0.3, -0.25) is 0 Å². The van der Waals surface area contributed by atoms with Crippen LogP contribution in [0.5, 0.6) is 0 Å². The van der Waals surface area contributed by atoms with Crippen LogP contribution in [0.3, 0.4) is 0 Å². The fourth-order valence-corrected chi connectivity index (χ4v) is 2.30. The van der Waals surface area contributed by atoms with Crippen molar-refractivity contribution in [1.29, 1.82) is 5.41 Å². The zero-order valence-corrected chi connectivity index (χ0v) is 9.06. The Hall–Kier alpha value is -0.830. The molecule has 78 valence electrons. The molecule has 2 fully saturated rings. The van der Waals surface area contributed by atoms with Crippen molar-refractivity contribution >= 4 is 6.21 Å². The first-order chi connectivity index (χ1) is 6.71. The predicted molar refractivity (Wildman–Crippen MR) is 58.7 cm³/mol. The maximum absolute atomic E-state index is 7.43. The van der Waals surface area contributed by atoms with Crippen LogP contribution in [-0.4, -0.2) is 37.3 Å². The fraction of sp³-hybridized carbons (Fsp3) is 0.727. The summed E-state index contributed by atoms with van der Waals surface area (Å²) >= 11 is 0. The Balaban J connectivity index is 1.99. The summed E-state index contributed by atoms with van der Waals surface area (Å²) in [7, 11) is 0. The highest BCUT2D eigenvalue weighted by molar-refractivity contribution is 5.76. The van der Waals surface area contributed by atoms with E-state index in [4.69, 9.17) is 5.41 Å². The molecule has 14 heavy (non-hydrogen) atoms. The van der Waals surface area contributed by atoms with Gasteiger partial charge in [0.1, 0.15) is 0 Å². The Morgan fingerprint density at radius 3 is 2.50 bits per heavy atom. The summed E-state index contributed by atoms with van der Waals surface area (Å²) in [5.74, 6) is 0. The number of nitrogens with one attached hydrogen (secondary N) is 2. The van der Waals surface area contributed by atoms with Crippen LogP contribution in [-0.2, 0) is 0 Å². The Labute approximate surface area is 85.7 Å². The highest BCUT2D eigenvalue weighted by Crippen LogP contribution is 2.36. The molecule has 0 aliphatic carbocycles. The highest BCUT2D eigenvalue weighted by Gasteiger charge is 2.47. The zero-order valence-electron chi connectivity index (χ0n) is 9.06. The fourth-order valence-electron chi connectivity index (χ4n) is 2.30. The number of nitrogens with zero attached hydrogens (tertiary/aromatic N) is 1. The monoisotopic (exact) mass is 193 g/mol. The van der Waals surface area contributed by atoms with Crippen LogP contribution >= 0.6 is 0 Å². The molecule has 0 aromatic heterocycles. The molecule has 2 saturated heterocycles. The van der Waals surface area contributed by atoms with Crippen molar-refractivity contribution < 1.29 is 0 Å². The average molecular weight is 193 g/mol. The second-order valence-electron chi connectivity index (χ2n) is 4.62. The van der Waals surface area contributed by atoms with Gasteiger partial charge in [0.15, 0.2) is 0 Å². The van der Waals surface area contributed by atoms with Gasteiger partial charge in [-0.1, -0.05) is 6.92 Å². The Morgan fingerprint density at radius 1 is 1.50 bits per heavy atom. The topological polar surface area (TPSA) is 39.1 Å². The van der Waals surface area contributed by atoms with Gasteiger partial charge in [0.2, 0.25) is 0 Å². The minimum Gasteiger partial charge on any atom is -0.369 e. The van der Waals surface area contributed by atoms with Crippen molar-refractivity contribution in [3.05, 3.63) is 11.3 Å². The third kappa shape index (κ3) is 1.36. The third-order valence-corrected chi connectivity index (χ3v) is 3.50. The normalized spacial score (nSPS) is 25.1. The number of allylic oxidation sites excluding steroid dienone is 2. The molecule has 2 N–H and O–H groups in total. The molecule has 0 unspecified atom stereocenters. The van der Waals surface area contributed by atoms with Crippen molar-refractivity contribution in [3.8, 4) is 0 Å². The lowest BCUT2D eigenvalue weighted by Gasteiger charge is -2.57. The predicted octanol–water partition coefficient (Wildman–Crippen LogP) is 1.23. The summed E-state index contributed by atoms with van der Waals surface area (Å²) in [5.41, 5.74) is 3.04. The Morgan fingerprint density at radius 2 is 2.14 bits per heavy atom. The first kappa shape index (κ1) is 9.71. The average Bonchev–Trinajstić information content (AvgIpc) is 2.06. The maximum Gasteiger partial charge on any atom is 0.0534 e. The van der Waals surface area contributed by atoms with Gasteiger partial charge in [-0.15, -0.1) is 0 Å². The summed E-state index contributed by atoms with van der Waals surface area (Å²) in [6.45, 7) is 8.90. The number of hydrogen-bond acceptors (Lipinski definition) is 3. The first-order valence-corrected chi connectivity index (χ1v) is 5.37. The molecule has 0 amide bonds. The molecule has 0 aromatic carbocycles. The van der Waals surface area contributed by atoms with E-state index in [0.29, 0.717) is 5.41 Å². The van der Waals surface area contributed by atoms with Gasteiger partial charge in [-0.25, -0.2) is 0 Å². The Bertz CT molecular complexity index is 268. The minimum atomic E-state index is 0.558. The molecule has 0 bridgehead atoms. The van der Waals surface area contributed by atoms with E-state index in [0.717, 1.165) is 25.2 Å². The van der Waals surface area contributed by atoms with E-state index < -0.39 is 0 Å². The van der Waals surface area contributed by atoms with E-state index >= 15 is 0 Å². The highest BCUT2D eigenvalue weighted by atomic mass is 15.3. The van der Waals surface area contributed by atoms with Gasteiger partial charge in [-0.05, 0) is 18.9 Å². The molecular formula is C11H19N3. The van der Waals surface area contributed by atoms with E-state index in [-0.39, 0.29) is 0 Å². The van der Waals surface area contributed by atoms with Gasteiger partial charge in [0.25, 0.3) is 0 Å². The lowest BCUT2D eigenvalue weighted by Crippen LogP contribution is -2.70. The van der Waals surface area contributed by atoms with Crippen LogP contribution in [0.15, 0.2) is 11.3 Å². The summed E-state index contributed by atoms with van der Waals surface area (Å²) in [5, 5.41) is 10.8. The first-order valence-electron chi connectivity index (χ1n) is 5.37. The van der Waals surface area contributed by atoms with Crippen LogP contribution in [0.2, 0.25) is 0 Å². The lowest BCUT2D eigenvalue weighted by atomic mass is 9.74. The quantitative estimate of drug-likeness (QED) is 0.662. The van der Waals surface area contributed by atoms with Gasteiger partial charge >= 0.3 is 0 Å². The Kier molecular flexibility index (Phi) is 2.35. The number of hydrogen-bond donors (Lipinski definition) is 2. The van der Waals surface area contributed by atoms with Crippen LogP contribution in [0, 0.1) is 10.8 Å². The summed E-state index contributed by atoms with van der Waals surface area (Å²) in [6, 6.07) is 0. The number of rotatable bonds is 3. The molecule has 2 aliphatic rings. The molecule has 0 saturated carbocycles. The summed E-state index contributed by atoms with van der Waals surface area (Å²) < 4.78 is 0. The van der Waals surface area contributed by atoms with E-state index in [1.54, 1.807) is 0 Å². The molecule has 1 spiro atoms. The van der Waals surface area contributed by atoms with Crippen molar-refractivity contribution in [1.82, 2.24) is 10.2 Å².